The van der Waals surface area contributed by atoms with Crippen LogP contribution in [0.1, 0.15) is 5.56 Å². The quantitative estimate of drug-likeness (QED) is 0.818. The van der Waals surface area contributed by atoms with Gasteiger partial charge in [0.2, 0.25) is 0 Å². The zero-order valence-electron chi connectivity index (χ0n) is 10.2. The van der Waals surface area contributed by atoms with Gasteiger partial charge in [0, 0.05) is 19.8 Å². The largest absolute Gasteiger partial charge is 0.417 e. The lowest BCUT2D eigenvalue weighted by Gasteiger charge is -2.20. The van der Waals surface area contributed by atoms with Gasteiger partial charge in [0.15, 0.2) is 0 Å². The van der Waals surface area contributed by atoms with E-state index in [4.69, 9.17) is 21.4 Å². The van der Waals surface area contributed by atoms with Crippen LogP contribution in [0.3, 0.4) is 0 Å². The maximum atomic E-state index is 12.4. The lowest BCUT2D eigenvalue weighted by Crippen LogP contribution is -2.24. The molecule has 108 valence electrons. The molecule has 4 nitrogen and oxygen atoms in total. The summed E-state index contributed by atoms with van der Waals surface area (Å²) in [7, 11) is 1.64. The Kier molecular flexibility index (Phi) is 5.84. The summed E-state index contributed by atoms with van der Waals surface area (Å²) in [4.78, 5) is 5.30. The highest BCUT2D eigenvalue weighted by molar-refractivity contribution is 6.33. The second-order valence-electron chi connectivity index (χ2n) is 3.78. The van der Waals surface area contributed by atoms with Crippen LogP contribution in [-0.2, 0) is 10.9 Å². The van der Waals surface area contributed by atoms with E-state index in [1.54, 1.807) is 11.9 Å². The third-order valence-corrected chi connectivity index (χ3v) is 2.60. The molecule has 0 spiro atoms. The molecule has 0 aliphatic rings. The van der Waals surface area contributed by atoms with Crippen molar-refractivity contribution in [2.45, 2.75) is 6.18 Å². The molecule has 1 heterocycles. The van der Waals surface area contributed by atoms with Crippen LogP contribution in [-0.4, -0.2) is 43.5 Å². The molecule has 1 aromatic rings. The van der Waals surface area contributed by atoms with Crippen LogP contribution < -0.4 is 4.90 Å². The van der Waals surface area contributed by atoms with Crippen molar-refractivity contribution in [3.05, 3.63) is 22.8 Å². The zero-order chi connectivity index (χ0) is 14.5. The van der Waals surface area contributed by atoms with Gasteiger partial charge in [0.05, 0.1) is 30.4 Å². The summed E-state index contributed by atoms with van der Waals surface area (Å²) in [5.41, 5.74) is -0.883. The van der Waals surface area contributed by atoms with Crippen LogP contribution in [0, 0.1) is 0 Å². The fraction of sp³-hybridized carbons (Fsp3) is 0.545. The van der Waals surface area contributed by atoms with Crippen molar-refractivity contribution in [1.82, 2.24) is 4.98 Å². The normalized spacial score (nSPS) is 11.7. The second-order valence-corrected chi connectivity index (χ2v) is 4.19. The van der Waals surface area contributed by atoms with E-state index >= 15 is 0 Å². The topological polar surface area (TPSA) is 45.6 Å². The number of hydrogen-bond acceptors (Lipinski definition) is 4. The van der Waals surface area contributed by atoms with Gasteiger partial charge in [-0.2, -0.15) is 13.2 Å². The number of aliphatic hydroxyl groups is 1. The Morgan fingerprint density at radius 1 is 1.42 bits per heavy atom. The molecule has 0 saturated heterocycles. The van der Waals surface area contributed by atoms with E-state index in [9.17, 15) is 13.2 Å². The highest BCUT2D eigenvalue weighted by atomic mass is 35.5. The molecule has 0 bridgehead atoms. The fourth-order valence-electron chi connectivity index (χ4n) is 1.34. The number of pyridine rings is 1. The average molecular weight is 299 g/mol. The van der Waals surface area contributed by atoms with Crippen molar-refractivity contribution in [2.75, 3.05) is 38.3 Å². The standard InChI is InChI=1S/C11H14ClF3N2O2/c1-17(2-4-19-5-3-18)10-9(12)6-8(7-16-10)11(13,14)15/h6-7,18H,2-5H2,1H3. The summed E-state index contributed by atoms with van der Waals surface area (Å²) >= 11 is 5.79. The van der Waals surface area contributed by atoms with Gasteiger partial charge < -0.3 is 14.7 Å². The summed E-state index contributed by atoms with van der Waals surface area (Å²) in [5.74, 6) is 0.252. The molecule has 0 fully saturated rings. The van der Waals surface area contributed by atoms with E-state index in [0.717, 1.165) is 12.3 Å². The number of likely N-dealkylation sites (N-methyl/N-ethyl adjacent to an activating group) is 1. The Balaban J connectivity index is 2.68. The van der Waals surface area contributed by atoms with Crippen molar-refractivity contribution in [2.24, 2.45) is 0 Å². The number of alkyl halides is 3. The van der Waals surface area contributed by atoms with Gasteiger partial charge >= 0.3 is 6.18 Å². The Hall–Kier alpha value is -1.05. The van der Waals surface area contributed by atoms with Crippen molar-refractivity contribution in [3.63, 3.8) is 0 Å². The number of aliphatic hydroxyl groups excluding tert-OH is 1. The predicted molar refractivity (Wildman–Crippen MR) is 65.4 cm³/mol. The summed E-state index contributed by atoms with van der Waals surface area (Å²) in [6, 6.07) is 0.842. The summed E-state index contributed by atoms with van der Waals surface area (Å²) < 4.78 is 42.3. The number of halogens is 4. The summed E-state index contributed by atoms with van der Waals surface area (Å²) in [5, 5.41) is 8.45. The third kappa shape index (κ3) is 4.85. The van der Waals surface area contributed by atoms with E-state index in [2.05, 4.69) is 4.98 Å². The molecule has 0 amide bonds. The van der Waals surface area contributed by atoms with Gasteiger partial charge in [0.25, 0.3) is 0 Å². The predicted octanol–water partition coefficient (Wildman–Crippen LogP) is 2.20. The molecule has 19 heavy (non-hydrogen) atoms. The van der Waals surface area contributed by atoms with E-state index in [-0.39, 0.29) is 24.1 Å². The molecule has 0 aliphatic carbocycles. The molecule has 0 saturated carbocycles. The lowest BCUT2D eigenvalue weighted by molar-refractivity contribution is -0.137. The number of nitrogens with zero attached hydrogens (tertiary/aromatic N) is 2. The molecule has 0 aliphatic heterocycles. The van der Waals surface area contributed by atoms with Crippen LogP contribution in [0.2, 0.25) is 5.02 Å². The second kappa shape index (κ2) is 6.93. The van der Waals surface area contributed by atoms with E-state index < -0.39 is 11.7 Å². The van der Waals surface area contributed by atoms with Crippen molar-refractivity contribution < 1.29 is 23.0 Å². The molecule has 0 unspecified atom stereocenters. The molecule has 1 N–H and O–H groups in total. The van der Waals surface area contributed by atoms with Crippen molar-refractivity contribution in [1.29, 1.82) is 0 Å². The lowest BCUT2D eigenvalue weighted by atomic mass is 10.2. The smallest absolute Gasteiger partial charge is 0.394 e. The molecule has 8 heteroatoms. The first-order chi connectivity index (χ1) is 8.86. The maximum absolute atomic E-state index is 12.4. The van der Waals surface area contributed by atoms with Crippen molar-refractivity contribution >= 4 is 17.4 Å². The molecule has 0 aromatic carbocycles. The average Bonchev–Trinajstić information content (AvgIpc) is 2.33. The van der Waals surface area contributed by atoms with Crippen LogP contribution >= 0.6 is 11.6 Å². The summed E-state index contributed by atoms with van der Waals surface area (Å²) in [6.45, 7) is 0.846. The maximum Gasteiger partial charge on any atom is 0.417 e. The van der Waals surface area contributed by atoms with E-state index in [1.165, 1.54) is 0 Å². The number of hydrogen-bond donors (Lipinski definition) is 1. The van der Waals surface area contributed by atoms with Crippen LogP contribution in [0.4, 0.5) is 19.0 Å². The highest BCUT2D eigenvalue weighted by Crippen LogP contribution is 2.33. The number of rotatable bonds is 6. The Bertz CT molecular complexity index is 415. The van der Waals surface area contributed by atoms with Gasteiger partial charge in [-0.1, -0.05) is 11.6 Å². The first-order valence-electron chi connectivity index (χ1n) is 5.48. The van der Waals surface area contributed by atoms with Crippen LogP contribution in [0.5, 0.6) is 0 Å². The Morgan fingerprint density at radius 3 is 2.63 bits per heavy atom. The Morgan fingerprint density at radius 2 is 2.11 bits per heavy atom. The number of anilines is 1. The first-order valence-corrected chi connectivity index (χ1v) is 5.86. The van der Waals surface area contributed by atoms with Gasteiger partial charge in [-0.3, -0.25) is 0 Å². The molecule has 0 atom stereocenters. The Labute approximate surface area is 113 Å². The van der Waals surface area contributed by atoms with Gasteiger partial charge in [-0.15, -0.1) is 0 Å². The minimum absolute atomic E-state index is 0.0699. The minimum Gasteiger partial charge on any atom is -0.394 e. The monoisotopic (exact) mass is 298 g/mol. The zero-order valence-corrected chi connectivity index (χ0v) is 11.0. The van der Waals surface area contributed by atoms with Crippen LogP contribution in [0.15, 0.2) is 12.3 Å². The van der Waals surface area contributed by atoms with Crippen LogP contribution in [0.25, 0.3) is 0 Å². The molecule has 1 aromatic heterocycles. The van der Waals surface area contributed by atoms with Gasteiger partial charge in [0.1, 0.15) is 5.82 Å². The SMILES string of the molecule is CN(CCOCCO)c1ncc(C(F)(F)F)cc1Cl. The van der Waals surface area contributed by atoms with Gasteiger partial charge in [-0.25, -0.2) is 4.98 Å². The summed E-state index contributed by atoms with van der Waals surface area (Å²) in [6.07, 6.45) is -3.72. The van der Waals surface area contributed by atoms with Gasteiger partial charge in [-0.05, 0) is 6.07 Å². The molecule has 1 rings (SSSR count). The van der Waals surface area contributed by atoms with E-state index in [0.29, 0.717) is 13.2 Å². The molecular formula is C11H14ClF3N2O2. The molecular weight excluding hydrogens is 285 g/mol. The highest BCUT2D eigenvalue weighted by Gasteiger charge is 2.31. The minimum atomic E-state index is -4.46. The third-order valence-electron chi connectivity index (χ3n) is 2.32. The number of ether oxygens (including phenoxy) is 1. The first kappa shape index (κ1) is 16.0. The fourth-order valence-corrected chi connectivity index (χ4v) is 1.65. The number of aromatic nitrogens is 1. The van der Waals surface area contributed by atoms with Crippen molar-refractivity contribution in [3.8, 4) is 0 Å². The van der Waals surface area contributed by atoms with E-state index in [1.807, 2.05) is 0 Å². The molecule has 0 radical (unpaired) electrons.